The highest BCUT2D eigenvalue weighted by molar-refractivity contribution is 5.52. The molecule has 0 aromatic heterocycles. The van der Waals surface area contributed by atoms with Gasteiger partial charge in [-0.1, -0.05) is 111 Å². The molecule has 26 heavy (non-hydrogen) atoms. The maximum atomic E-state index is 10.6. The molecule has 0 saturated carbocycles. The zero-order valence-electron chi connectivity index (χ0n) is 18.6. The third kappa shape index (κ3) is 16.9. The van der Waals surface area contributed by atoms with Crippen molar-refractivity contribution in [3.8, 4) is 0 Å². The van der Waals surface area contributed by atoms with Gasteiger partial charge in [-0.3, -0.25) is 0 Å². The highest BCUT2D eigenvalue weighted by Gasteiger charge is 2.05. The molecule has 0 aliphatic rings. The van der Waals surface area contributed by atoms with E-state index in [9.17, 15) is 4.79 Å². The summed E-state index contributed by atoms with van der Waals surface area (Å²) in [5, 5.41) is 0. The van der Waals surface area contributed by atoms with Crippen molar-refractivity contribution in [3.63, 3.8) is 0 Å². The molecule has 0 N–H and O–H groups in total. The molecule has 0 saturated heterocycles. The normalized spacial score (nSPS) is 16.5. The minimum absolute atomic E-state index is 0.233. The molecule has 0 radical (unpaired) electrons. The van der Waals surface area contributed by atoms with Gasteiger partial charge in [-0.25, -0.2) is 0 Å². The average molecular weight is 365 g/mol. The summed E-state index contributed by atoms with van der Waals surface area (Å²) >= 11 is 0. The molecule has 0 heterocycles. The topological polar surface area (TPSA) is 17.1 Å². The maximum Gasteiger partial charge on any atom is 0.122 e. The Morgan fingerprint density at radius 1 is 0.654 bits per heavy atom. The Hall–Kier alpha value is -0.590. The number of aldehydes is 1. The zero-order valence-corrected chi connectivity index (χ0v) is 18.6. The van der Waals surface area contributed by atoms with Crippen molar-refractivity contribution in [1.82, 2.24) is 0 Å². The molecule has 0 aromatic carbocycles. The van der Waals surface area contributed by atoms with Gasteiger partial charge < -0.3 is 4.79 Å². The number of hydrogen-bond acceptors (Lipinski definition) is 1. The zero-order chi connectivity index (χ0) is 19.6. The smallest absolute Gasteiger partial charge is 0.122 e. The van der Waals surface area contributed by atoms with E-state index in [2.05, 4.69) is 39.8 Å². The van der Waals surface area contributed by atoms with Gasteiger partial charge in [0, 0.05) is 5.92 Å². The molecule has 0 unspecified atom stereocenters. The van der Waals surface area contributed by atoms with Crippen LogP contribution in [0.15, 0.2) is 12.2 Å². The number of carbonyl (C=O) groups excluding carboxylic acids is 1. The molecule has 1 nitrogen and oxygen atoms in total. The summed E-state index contributed by atoms with van der Waals surface area (Å²) in [6, 6.07) is 0. The van der Waals surface area contributed by atoms with E-state index in [1.807, 2.05) is 6.92 Å². The number of unbranched alkanes of at least 4 members (excludes halogenated alkanes) is 4. The van der Waals surface area contributed by atoms with Gasteiger partial charge in [-0.15, -0.1) is 0 Å². The summed E-state index contributed by atoms with van der Waals surface area (Å²) in [5.41, 5.74) is 0. The summed E-state index contributed by atoms with van der Waals surface area (Å²) in [5.74, 6) is 2.59. The third-order valence-electron chi connectivity index (χ3n) is 5.75. The first-order chi connectivity index (χ1) is 12.5. The molecule has 4 atom stereocenters. The number of hydrogen-bond donors (Lipinski definition) is 0. The Morgan fingerprint density at radius 2 is 1.23 bits per heavy atom. The largest absolute Gasteiger partial charge is 0.303 e. The molecule has 0 spiro atoms. The number of carbonyl (C=O) groups is 1. The SMILES string of the molecule is CCCCCCC[C@H](C)CCC[C@H](C)/C=C/C[C@H](C)CCC[C@H](C)C=O. The quantitative estimate of drug-likeness (QED) is 0.136. The standard InChI is InChI=1S/C25H48O/c1-6-7-8-9-10-14-22(2)15-11-16-23(3)17-12-18-24(4)19-13-20-25(5)21-26/h12,17,21-25H,6-11,13-16,18-20H2,1-5H3/b17-12+/t22-,23-,24-,25-/m0/s1. The lowest BCUT2D eigenvalue weighted by Gasteiger charge is -2.13. The van der Waals surface area contributed by atoms with E-state index in [4.69, 9.17) is 0 Å². The Kier molecular flexibility index (Phi) is 17.4. The van der Waals surface area contributed by atoms with E-state index in [-0.39, 0.29) is 5.92 Å². The van der Waals surface area contributed by atoms with Crippen molar-refractivity contribution in [2.45, 2.75) is 118 Å². The van der Waals surface area contributed by atoms with Crippen molar-refractivity contribution < 1.29 is 4.79 Å². The summed E-state index contributed by atoms with van der Waals surface area (Å²) < 4.78 is 0. The molecule has 0 aromatic rings. The van der Waals surface area contributed by atoms with Gasteiger partial charge in [0.05, 0.1) is 0 Å². The van der Waals surface area contributed by atoms with Gasteiger partial charge >= 0.3 is 0 Å². The van der Waals surface area contributed by atoms with E-state index in [0.717, 1.165) is 24.5 Å². The fourth-order valence-corrected chi connectivity index (χ4v) is 3.64. The minimum atomic E-state index is 0.233. The van der Waals surface area contributed by atoms with Crippen LogP contribution in [0.25, 0.3) is 0 Å². The van der Waals surface area contributed by atoms with Crippen LogP contribution < -0.4 is 0 Å². The lowest BCUT2D eigenvalue weighted by Crippen LogP contribution is -1.99. The van der Waals surface area contributed by atoms with Crippen molar-refractivity contribution in [1.29, 1.82) is 0 Å². The monoisotopic (exact) mass is 364 g/mol. The first-order valence-corrected chi connectivity index (χ1v) is 11.6. The van der Waals surface area contributed by atoms with Crippen LogP contribution in [-0.4, -0.2) is 6.29 Å². The fourth-order valence-electron chi connectivity index (χ4n) is 3.64. The van der Waals surface area contributed by atoms with Crippen LogP contribution in [0.1, 0.15) is 118 Å². The molecular weight excluding hydrogens is 316 g/mol. The molecule has 1 heteroatoms. The van der Waals surface area contributed by atoms with Crippen molar-refractivity contribution >= 4 is 6.29 Å². The Morgan fingerprint density at radius 3 is 1.88 bits per heavy atom. The second kappa shape index (κ2) is 17.8. The minimum Gasteiger partial charge on any atom is -0.303 e. The van der Waals surface area contributed by atoms with Gasteiger partial charge in [0.1, 0.15) is 6.29 Å². The van der Waals surface area contributed by atoms with Crippen LogP contribution in [0.4, 0.5) is 0 Å². The predicted molar refractivity (Wildman–Crippen MR) is 118 cm³/mol. The highest BCUT2D eigenvalue weighted by Crippen LogP contribution is 2.20. The third-order valence-corrected chi connectivity index (χ3v) is 5.75. The van der Waals surface area contributed by atoms with Crippen molar-refractivity contribution in [2.75, 3.05) is 0 Å². The Balaban J connectivity index is 3.63. The first-order valence-electron chi connectivity index (χ1n) is 11.6. The van der Waals surface area contributed by atoms with Gasteiger partial charge in [0.25, 0.3) is 0 Å². The number of rotatable bonds is 18. The molecule has 0 rings (SSSR count). The molecule has 0 aliphatic heterocycles. The van der Waals surface area contributed by atoms with Crippen LogP contribution >= 0.6 is 0 Å². The second-order valence-electron chi connectivity index (χ2n) is 9.03. The van der Waals surface area contributed by atoms with Gasteiger partial charge in [-0.2, -0.15) is 0 Å². The second-order valence-corrected chi connectivity index (χ2v) is 9.03. The van der Waals surface area contributed by atoms with Crippen LogP contribution in [0.5, 0.6) is 0 Å². The van der Waals surface area contributed by atoms with E-state index in [0.29, 0.717) is 5.92 Å². The molecule has 154 valence electrons. The Bertz CT molecular complexity index is 333. The molecule has 0 fully saturated rings. The van der Waals surface area contributed by atoms with Crippen molar-refractivity contribution in [3.05, 3.63) is 12.2 Å². The maximum absolute atomic E-state index is 10.6. The lowest BCUT2D eigenvalue weighted by molar-refractivity contribution is -0.110. The van der Waals surface area contributed by atoms with Gasteiger partial charge in [0.2, 0.25) is 0 Å². The van der Waals surface area contributed by atoms with Crippen LogP contribution in [-0.2, 0) is 4.79 Å². The van der Waals surface area contributed by atoms with E-state index in [1.165, 1.54) is 77.0 Å². The molecule has 0 aliphatic carbocycles. The van der Waals surface area contributed by atoms with Gasteiger partial charge in [-0.05, 0) is 37.0 Å². The van der Waals surface area contributed by atoms with Crippen LogP contribution in [0.3, 0.4) is 0 Å². The molecular formula is C25H48O. The Labute approximate surface area is 165 Å². The fraction of sp³-hybridized carbons (Fsp3) is 0.880. The van der Waals surface area contributed by atoms with Crippen LogP contribution in [0.2, 0.25) is 0 Å². The lowest BCUT2D eigenvalue weighted by atomic mass is 9.93. The van der Waals surface area contributed by atoms with E-state index in [1.54, 1.807) is 0 Å². The van der Waals surface area contributed by atoms with Crippen LogP contribution in [0, 0.1) is 23.7 Å². The first kappa shape index (κ1) is 25.4. The summed E-state index contributed by atoms with van der Waals surface area (Å²) in [4.78, 5) is 10.6. The molecule has 0 bridgehead atoms. The summed E-state index contributed by atoms with van der Waals surface area (Å²) in [7, 11) is 0. The van der Waals surface area contributed by atoms with E-state index < -0.39 is 0 Å². The van der Waals surface area contributed by atoms with Crippen molar-refractivity contribution in [2.24, 2.45) is 23.7 Å². The molecule has 0 amide bonds. The highest BCUT2D eigenvalue weighted by atomic mass is 16.1. The summed E-state index contributed by atoms with van der Waals surface area (Å²) in [6.07, 6.45) is 23.2. The summed E-state index contributed by atoms with van der Waals surface area (Å²) in [6.45, 7) is 11.4. The number of allylic oxidation sites excluding steroid dienone is 2. The average Bonchev–Trinajstić information content (AvgIpc) is 2.61. The van der Waals surface area contributed by atoms with Gasteiger partial charge in [0.15, 0.2) is 0 Å². The predicted octanol–water partition coefficient (Wildman–Crippen LogP) is 8.38. The van der Waals surface area contributed by atoms with E-state index >= 15 is 0 Å².